The van der Waals surface area contributed by atoms with Gasteiger partial charge >= 0.3 is 6.18 Å². The number of anilines is 1. The second-order valence-electron chi connectivity index (χ2n) is 7.76. The second-order valence-corrected chi connectivity index (χ2v) is 7.76. The fourth-order valence-electron chi connectivity index (χ4n) is 3.85. The summed E-state index contributed by atoms with van der Waals surface area (Å²) in [5, 5.41) is 6.43. The van der Waals surface area contributed by atoms with Crippen LogP contribution in [0.25, 0.3) is 5.65 Å². The van der Waals surface area contributed by atoms with Crippen LogP contribution < -0.4 is 5.32 Å². The molecular weight excluding hydrogens is 409 g/mol. The van der Waals surface area contributed by atoms with Gasteiger partial charge in [-0.25, -0.2) is 18.3 Å². The van der Waals surface area contributed by atoms with Crippen LogP contribution in [0, 0.1) is 0 Å². The average molecular weight is 425 g/mol. The number of carbonyl (C=O) groups is 1. The van der Waals surface area contributed by atoms with Gasteiger partial charge in [-0.05, 0) is 18.6 Å². The summed E-state index contributed by atoms with van der Waals surface area (Å²) in [4.78, 5) is 20.3. The lowest BCUT2D eigenvalue weighted by atomic mass is 9.88. The van der Waals surface area contributed by atoms with Crippen LogP contribution >= 0.6 is 0 Å². The number of rotatable bonds is 3. The molecule has 158 valence electrons. The van der Waals surface area contributed by atoms with Crippen molar-refractivity contribution in [2.45, 2.75) is 44.2 Å². The largest absolute Gasteiger partial charge is 0.433 e. The summed E-state index contributed by atoms with van der Waals surface area (Å²) < 4.78 is 66.0. The molecule has 0 aromatic carbocycles. The van der Waals surface area contributed by atoms with Crippen LogP contribution in [-0.4, -0.2) is 25.5 Å². The Morgan fingerprint density at radius 2 is 2.00 bits per heavy atom. The Morgan fingerprint density at radius 1 is 1.27 bits per heavy atom. The highest BCUT2D eigenvalue weighted by molar-refractivity contribution is 5.96. The summed E-state index contributed by atoms with van der Waals surface area (Å²) in [5.74, 6) is -1.25. The molecule has 1 atom stereocenters. The zero-order valence-electron chi connectivity index (χ0n) is 15.8. The molecule has 0 fully saturated rings. The van der Waals surface area contributed by atoms with Crippen molar-refractivity contribution in [3.63, 3.8) is 0 Å². The lowest BCUT2D eigenvalue weighted by molar-refractivity contribution is -0.141. The van der Waals surface area contributed by atoms with E-state index in [0.717, 1.165) is 12.3 Å². The van der Waals surface area contributed by atoms with Crippen LogP contribution in [0.1, 0.15) is 55.3 Å². The molecule has 0 radical (unpaired) electrons. The van der Waals surface area contributed by atoms with Gasteiger partial charge < -0.3 is 5.32 Å². The molecule has 0 saturated heterocycles. The van der Waals surface area contributed by atoms with Crippen LogP contribution in [0.15, 0.2) is 30.6 Å². The van der Waals surface area contributed by atoms with Gasteiger partial charge in [-0.15, -0.1) is 0 Å². The molecule has 6 nitrogen and oxygen atoms in total. The molecule has 1 aliphatic carbocycles. The van der Waals surface area contributed by atoms with Gasteiger partial charge in [-0.2, -0.15) is 18.3 Å². The molecule has 0 spiro atoms. The standard InChI is InChI=1S/C19H16F5N5O/c1-18(2)7-10(17(30)27-9-3-4-25-13(5-9)19(22,23)24)11-8-26-14-6-12(16(20)21)28-29(14)15(11)18/h3-6,8,10,16H,7H2,1-2H3,(H,25,27,30)/t10-/m0/s1. The van der Waals surface area contributed by atoms with E-state index in [1.807, 2.05) is 13.8 Å². The van der Waals surface area contributed by atoms with E-state index >= 15 is 0 Å². The lowest BCUT2D eigenvalue weighted by Crippen LogP contribution is -2.22. The number of alkyl halides is 5. The monoisotopic (exact) mass is 425 g/mol. The summed E-state index contributed by atoms with van der Waals surface area (Å²) in [7, 11) is 0. The number of nitrogens with one attached hydrogen (secondary N) is 1. The van der Waals surface area contributed by atoms with Crippen LogP contribution in [0.3, 0.4) is 0 Å². The number of halogens is 5. The first kappa shape index (κ1) is 20.2. The zero-order chi connectivity index (χ0) is 21.8. The minimum absolute atomic E-state index is 0.0401. The molecule has 0 unspecified atom stereocenters. The molecule has 0 saturated carbocycles. The van der Waals surface area contributed by atoms with Gasteiger partial charge in [0.15, 0.2) is 5.65 Å². The van der Waals surface area contributed by atoms with Crippen LogP contribution in [0.5, 0.6) is 0 Å². The van der Waals surface area contributed by atoms with Crippen LogP contribution in [-0.2, 0) is 16.4 Å². The maximum atomic E-state index is 13.1. The normalized spacial score (nSPS) is 18.1. The number of amides is 1. The van der Waals surface area contributed by atoms with Gasteiger partial charge in [0.1, 0.15) is 11.4 Å². The fraction of sp³-hybridized carbons (Fsp3) is 0.368. The predicted octanol–water partition coefficient (Wildman–Crippen LogP) is 4.48. The van der Waals surface area contributed by atoms with E-state index in [9.17, 15) is 26.7 Å². The van der Waals surface area contributed by atoms with Gasteiger partial charge in [0.05, 0.1) is 11.6 Å². The smallest absolute Gasteiger partial charge is 0.325 e. The fourth-order valence-corrected chi connectivity index (χ4v) is 3.85. The lowest BCUT2D eigenvalue weighted by Gasteiger charge is -2.19. The third-order valence-corrected chi connectivity index (χ3v) is 5.12. The molecule has 1 amide bonds. The SMILES string of the molecule is CC1(C)C[C@H](C(=O)Nc2ccnc(C(F)(F)F)c2)c2cnc3cc(C(F)F)nn3c21. The Labute approximate surface area is 167 Å². The summed E-state index contributed by atoms with van der Waals surface area (Å²) in [5.41, 5.74) is -0.865. The summed E-state index contributed by atoms with van der Waals surface area (Å²) in [6, 6.07) is 3.20. The summed E-state index contributed by atoms with van der Waals surface area (Å²) in [6.07, 6.45) is -4.68. The molecule has 0 aliphatic heterocycles. The molecule has 1 aliphatic rings. The van der Waals surface area contributed by atoms with E-state index in [2.05, 4.69) is 20.4 Å². The van der Waals surface area contributed by atoms with E-state index in [4.69, 9.17) is 0 Å². The Morgan fingerprint density at radius 3 is 2.67 bits per heavy atom. The van der Waals surface area contributed by atoms with Crippen molar-refractivity contribution in [3.05, 3.63) is 53.2 Å². The van der Waals surface area contributed by atoms with Crippen LogP contribution in [0.4, 0.5) is 27.6 Å². The highest BCUT2D eigenvalue weighted by atomic mass is 19.4. The third kappa shape index (κ3) is 3.37. The van der Waals surface area contributed by atoms with E-state index in [1.54, 1.807) is 0 Å². The first-order chi connectivity index (χ1) is 14.0. The van der Waals surface area contributed by atoms with Gasteiger partial charge in [-0.1, -0.05) is 13.8 Å². The maximum Gasteiger partial charge on any atom is 0.433 e. The van der Waals surface area contributed by atoms with Gasteiger partial charge in [0.2, 0.25) is 5.91 Å². The number of pyridine rings is 1. The van der Waals surface area contributed by atoms with Gasteiger partial charge in [0.25, 0.3) is 6.43 Å². The van der Waals surface area contributed by atoms with E-state index < -0.39 is 41.2 Å². The number of fused-ring (bicyclic) bond motifs is 3. The Kier molecular flexibility index (Phi) is 4.51. The molecule has 1 N–H and O–H groups in total. The van der Waals surface area contributed by atoms with E-state index in [-0.39, 0.29) is 11.3 Å². The second kappa shape index (κ2) is 6.71. The zero-order valence-corrected chi connectivity index (χ0v) is 15.8. The first-order valence-electron chi connectivity index (χ1n) is 8.99. The minimum Gasteiger partial charge on any atom is -0.325 e. The van der Waals surface area contributed by atoms with Crippen molar-refractivity contribution in [2.75, 3.05) is 5.32 Å². The topological polar surface area (TPSA) is 72.2 Å². The van der Waals surface area contributed by atoms with E-state index in [1.165, 1.54) is 22.8 Å². The quantitative estimate of drug-likeness (QED) is 0.628. The number of aromatic nitrogens is 4. The minimum atomic E-state index is -4.64. The van der Waals surface area contributed by atoms with Crippen molar-refractivity contribution in [2.24, 2.45) is 0 Å². The summed E-state index contributed by atoms with van der Waals surface area (Å²) >= 11 is 0. The molecule has 11 heteroatoms. The third-order valence-electron chi connectivity index (χ3n) is 5.12. The van der Waals surface area contributed by atoms with Crippen molar-refractivity contribution in [1.29, 1.82) is 0 Å². The highest BCUT2D eigenvalue weighted by Crippen LogP contribution is 2.46. The van der Waals surface area contributed by atoms with E-state index in [0.29, 0.717) is 17.7 Å². The van der Waals surface area contributed by atoms with Crippen molar-refractivity contribution >= 4 is 17.2 Å². The Hall–Kier alpha value is -3.11. The molecule has 3 aromatic rings. The van der Waals surface area contributed by atoms with Gasteiger partial charge in [-0.3, -0.25) is 9.78 Å². The average Bonchev–Trinajstić information content (AvgIpc) is 3.20. The van der Waals surface area contributed by atoms with Crippen molar-refractivity contribution in [3.8, 4) is 0 Å². The number of carbonyl (C=O) groups excluding carboxylic acids is 1. The molecule has 3 aromatic heterocycles. The summed E-state index contributed by atoms with van der Waals surface area (Å²) in [6.45, 7) is 3.69. The molecule has 3 heterocycles. The van der Waals surface area contributed by atoms with Crippen molar-refractivity contribution in [1.82, 2.24) is 19.6 Å². The number of nitrogens with zero attached hydrogens (tertiary/aromatic N) is 4. The predicted molar refractivity (Wildman–Crippen MR) is 96.2 cm³/mol. The van der Waals surface area contributed by atoms with Gasteiger partial charge in [0, 0.05) is 35.1 Å². The Balaban J connectivity index is 1.69. The first-order valence-corrected chi connectivity index (χ1v) is 8.99. The van der Waals surface area contributed by atoms with Crippen molar-refractivity contribution < 1.29 is 26.7 Å². The highest BCUT2D eigenvalue weighted by Gasteiger charge is 2.43. The number of hydrogen-bond donors (Lipinski definition) is 1. The molecule has 4 rings (SSSR count). The molecule has 30 heavy (non-hydrogen) atoms. The molecule has 0 bridgehead atoms. The number of hydrogen-bond acceptors (Lipinski definition) is 4. The molecular formula is C19H16F5N5O. The van der Waals surface area contributed by atoms with Crippen LogP contribution in [0.2, 0.25) is 0 Å². The Bertz CT molecular complexity index is 1140. The maximum absolute atomic E-state index is 13.1.